The summed E-state index contributed by atoms with van der Waals surface area (Å²) in [6.45, 7) is 2.25. The third kappa shape index (κ3) is 2.57. The van der Waals surface area contributed by atoms with E-state index in [0.717, 1.165) is 5.92 Å². The fraction of sp³-hybridized carbons (Fsp3) is 0.615. The standard InChI is InChI=1S/C13H19N/c1-2-3-4-12-7-8-14-10-13(12)9-11-5-6-11/h7-8,10-11H,2-6,9H2,1H3. The molecule has 0 saturated heterocycles. The minimum atomic E-state index is 0.972. The Balaban J connectivity index is 2.02. The van der Waals surface area contributed by atoms with E-state index >= 15 is 0 Å². The van der Waals surface area contributed by atoms with Gasteiger partial charge in [0.15, 0.2) is 0 Å². The zero-order valence-electron chi connectivity index (χ0n) is 9.00. The average Bonchev–Trinajstić information content (AvgIpc) is 3.01. The highest BCUT2D eigenvalue weighted by atomic mass is 14.6. The van der Waals surface area contributed by atoms with E-state index in [-0.39, 0.29) is 0 Å². The third-order valence-corrected chi connectivity index (χ3v) is 3.01. The van der Waals surface area contributed by atoms with Crippen molar-refractivity contribution in [1.82, 2.24) is 4.98 Å². The summed E-state index contributed by atoms with van der Waals surface area (Å²) in [5.41, 5.74) is 3.04. The van der Waals surface area contributed by atoms with Crippen molar-refractivity contribution in [3.63, 3.8) is 0 Å². The van der Waals surface area contributed by atoms with E-state index in [1.807, 2.05) is 6.20 Å². The van der Waals surface area contributed by atoms with Crippen molar-refractivity contribution < 1.29 is 0 Å². The topological polar surface area (TPSA) is 12.9 Å². The zero-order valence-corrected chi connectivity index (χ0v) is 9.00. The molecule has 0 unspecified atom stereocenters. The van der Waals surface area contributed by atoms with Crippen LogP contribution < -0.4 is 0 Å². The quantitative estimate of drug-likeness (QED) is 0.692. The van der Waals surface area contributed by atoms with E-state index in [1.165, 1.54) is 49.7 Å². The van der Waals surface area contributed by atoms with Crippen LogP contribution in [0.25, 0.3) is 0 Å². The zero-order chi connectivity index (χ0) is 9.80. The van der Waals surface area contributed by atoms with E-state index in [0.29, 0.717) is 0 Å². The van der Waals surface area contributed by atoms with Crippen LogP contribution in [0.5, 0.6) is 0 Å². The Morgan fingerprint density at radius 3 is 2.93 bits per heavy atom. The van der Waals surface area contributed by atoms with Crippen LogP contribution in [-0.2, 0) is 12.8 Å². The summed E-state index contributed by atoms with van der Waals surface area (Å²) in [5, 5.41) is 0. The first-order valence-corrected chi connectivity index (χ1v) is 5.82. The molecule has 1 saturated carbocycles. The summed E-state index contributed by atoms with van der Waals surface area (Å²) in [6, 6.07) is 2.20. The Hall–Kier alpha value is -0.850. The maximum absolute atomic E-state index is 4.23. The van der Waals surface area contributed by atoms with Gasteiger partial charge < -0.3 is 0 Å². The maximum atomic E-state index is 4.23. The van der Waals surface area contributed by atoms with E-state index < -0.39 is 0 Å². The number of pyridine rings is 1. The Morgan fingerprint density at radius 1 is 1.36 bits per heavy atom. The fourth-order valence-electron chi connectivity index (χ4n) is 1.88. The summed E-state index contributed by atoms with van der Waals surface area (Å²) in [4.78, 5) is 4.23. The molecule has 1 aromatic rings. The third-order valence-electron chi connectivity index (χ3n) is 3.01. The number of aromatic nitrogens is 1. The molecule has 0 N–H and O–H groups in total. The number of rotatable bonds is 5. The number of nitrogens with zero attached hydrogens (tertiary/aromatic N) is 1. The van der Waals surface area contributed by atoms with E-state index in [2.05, 4.69) is 24.2 Å². The molecule has 1 aliphatic rings. The van der Waals surface area contributed by atoms with Crippen LogP contribution in [0.1, 0.15) is 43.7 Å². The Morgan fingerprint density at radius 2 is 2.21 bits per heavy atom. The van der Waals surface area contributed by atoms with Crippen molar-refractivity contribution in [2.75, 3.05) is 0 Å². The monoisotopic (exact) mass is 189 g/mol. The molecular weight excluding hydrogens is 170 g/mol. The van der Waals surface area contributed by atoms with Gasteiger partial charge in [-0.15, -0.1) is 0 Å². The van der Waals surface area contributed by atoms with Gasteiger partial charge in [-0.2, -0.15) is 0 Å². The second kappa shape index (κ2) is 4.59. The predicted molar refractivity (Wildman–Crippen MR) is 59.3 cm³/mol. The van der Waals surface area contributed by atoms with E-state index in [4.69, 9.17) is 0 Å². The number of aryl methyl sites for hydroxylation is 1. The number of unbranched alkanes of at least 4 members (excludes halogenated alkanes) is 1. The molecule has 1 aliphatic carbocycles. The molecule has 1 fully saturated rings. The van der Waals surface area contributed by atoms with Crippen LogP contribution in [0.15, 0.2) is 18.5 Å². The molecule has 14 heavy (non-hydrogen) atoms. The average molecular weight is 189 g/mol. The molecular formula is C13H19N. The molecule has 76 valence electrons. The van der Waals surface area contributed by atoms with Crippen molar-refractivity contribution in [3.05, 3.63) is 29.6 Å². The van der Waals surface area contributed by atoms with Crippen LogP contribution in [0.4, 0.5) is 0 Å². The normalized spacial score (nSPS) is 15.8. The molecule has 1 heteroatoms. The van der Waals surface area contributed by atoms with Crippen LogP contribution >= 0.6 is 0 Å². The fourth-order valence-corrected chi connectivity index (χ4v) is 1.88. The van der Waals surface area contributed by atoms with Gasteiger partial charge in [-0.1, -0.05) is 13.3 Å². The largest absolute Gasteiger partial charge is 0.264 e. The van der Waals surface area contributed by atoms with Crippen LogP contribution in [0.2, 0.25) is 0 Å². The lowest BCUT2D eigenvalue weighted by Gasteiger charge is -2.07. The first-order chi connectivity index (χ1) is 6.90. The minimum Gasteiger partial charge on any atom is -0.264 e. The second-order valence-electron chi connectivity index (χ2n) is 4.40. The molecule has 0 amide bonds. The first kappa shape index (κ1) is 9.70. The summed E-state index contributed by atoms with van der Waals surface area (Å²) in [6.07, 6.45) is 12.0. The van der Waals surface area contributed by atoms with Crippen LogP contribution in [0, 0.1) is 5.92 Å². The van der Waals surface area contributed by atoms with E-state index in [1.54, 1.807) is 0 Å². The van der Waals surface area contributed by atoms with Crippen LogP contribution in [0.3, 0.4) is 0 Å². The lowest BCUT2D eigenvalue weighted by Crippen LogP contribution is -1.96. The van der Waals surface area contributed by atoms with Crippen molar-refractivity contribution in [3.8, 4) is 0 Å². The minimum absolute atomic E-state index is 0.972. The van der Waals surface area contributed by atoms with Crippen LogP contribution in [-0.4, -0.2) is 4.98 Å². The Labute approximate surface area is 86.6 Å². The molecule has 0 aliphatic heterocycles. The van der Waals surface area contributed by atoms with Gasteiger partial charge in [-0.05, 0) is 55.2 Å². The molecule has 0 spiro atoms. The SMILES string of the molecule is CCCCc1ccncc1CC1CC1. The second-order valence-corrected chi connectivity index (χ2v) is 4.40. The first-order valence-electron chi connectivity index (χ1n) is 5.82. The van der Waals surface area contributed by atoms with E-state index in [9.17, 15) is 0 Å². The van der Waals surface area contributed by atoms with Crippen molar-refractivity contribution in [2.24, 2.45) is 5.92 Å². The highest BCUT2D eigenvalue weighted by molar-refractivity contribution is 5.24. The van der Waals surface area contributed by atoms with Crippen molar-refractivity contribution in [1.29, 1.82) is 0 Å². The van der Waals surface area contributed by atoms with Gasteiger partial charge in [0.05, 0.1) is 0 Å². The highest BCUT2D eigenvalue weighted by Crippen LogP contribution is 2.33. The smallest absolute Gasteiger partial charge is 0.0302 e. The number of hydrogen-bond acceptors (Lipinski definition) is 1. The van der Waals surface area contributed by atoms with Gasteiger partial charge >= 0.3 is 0 Å². The molecule has 0 radical (unpaired) electrons. The molecule has 0 bridgehead atoms. The number of hydrogen-bond donors (Lipinski definition) is 0. The van der Waals surface area contributed by atoms with Gasteiger partial charge in [-0.3, -0.25) is 4.98 Å². The Kier molecular flexibility index (Phi) is 3.18. The van der Waals surface area contributed by atoms with Crippen molar-refractivity contribution >= 4 is 0 Å². The van der Waals surface area contributed by atoms with Gasteiger partial charge in [0, 0.05) is 12.4 Å². The summed E-state index contributed by atoms with van der Waals surface area (Å²) < 4.78 is 0. The molecule has 0 aromatic carbocycles. The van der Waals surface area contributed by atoms with Crippen molar-refractivity contribution in [2.45, 2.75) is 45.4 Å². The molecule has 0 atom stereocenters. The maximum Gasteiger partial charge on any atom is 0.0302 e. The van der Waals surface area contributed by atoms with Gasteiger partial charge in [0.1, 0.15) is 0 Å². The van der Waals surface area contributed by atoms with Gasteiger partial charge in [0.25, 0.3) is 0 Å². The lowest BCUT2D eigenvalue weighted by molar-refractivity contribution is 0.762. The molecule has 2 rings (SSSR count). The summed E-state index contributed by atoms with van der Waals surface area (Å²) >= 11 is 0. The lowest BCUT2D eigenvalue weighted by atomic mass is 10.0. The summed E-state index contributed by atoms with van der Waals surface area (Å²) in [7, 11) is 0. The van der Waals surface area contributed by atoms with Gasteiger partial charge in [-0.25, -0.2) is 0 Å². The Bertz CT molecular complexity index is 289. The summed E-state index contributed by atoms with van der Waals surface area (Å²) in [5.74, 6) is 0.972. The highest BCUT2D eigenvalue weighted by Gasteiger charge is 2.22. The molecule has 1 nitrogen and oxygen atoms in total. The predicted octanol–water partition coefficient (Wildman–Crippen LogP) is 3.38. The molecule has 1 aromatic heterocycles. The molecule has 1 heterocycles. The van der Waals surface area contributed by atoms with Gasteiger partial charge in [0.2, 0.25) is 0 Å².